The summed E-state index contributed by atoms with van der Waals surface area (Å²) in [6, 6.07) is -1.45. The van der Waals surface area contributed by atoms with Crippen LogP contribution >= 0.6 is 0 Å². The second kappa shape index (κ2) is 6.48. The first-order valence-corrected chi connectivity index (χ1v) is 7.19. The molecule has 26 heavy (non-hydrogen) atoms. The van der Waals surface area contributed by atoms with Crippen LogP contribution in [-0.4, -0.2) is 52.5 Å². The molecule has 2 N–H and O–H groups in total. The fraction of sp³-hybridized carbons (Fsp3) is 0.538. The number of nitro groups is 1. The van der Waals surface area contributed by atoms with E-state index in [2.05, 4.69) is 10.1 Å². The zero-order chi connectivity index (χ0) is 19.9. The highest BCUT2D eigenvalue weighted by Crippen LogP contribution is 2.47. The van der Waals surface area contributed by atoms with Crippen molar-refractivity contribution in [3.05, 3.63) is 28.0 Å². The summed E-state index contributed by atoms with van der Waals surface area (Å²) in [6.07, 6.45) is -5.44. The van der Waals surface area contributed by atoms with Gasteiger partial charge in [-0.3, -0.25) is 19.8 Å². The molecule has 1 aliphatic rings. The fourth-order valence-corrected chi connectivity index (χ4v) is 2.65. The molecule has 1 saturated heterocycles. The molecule has 144 valence electrons. The van der Waals surface area contributed by atoms with Crippen LogP contribution in [0.5, 0.6) is 0 Å². The molecule has 3 atom stereocenters. The van der Waals surface area contributed by atoms with E-state index in [1.807, 2.05) is 0 Å². The summed E-state index contributed by atoms with van der Waals surface area (Å²) in [5, 5.41) is 23.1. The topological polar surface area (TPSA) is 135 Å². The number of ether oxygens (including phenoxy) is 1. The molecule has 2 amide bonds. The number of amides is 2. The standard InChI is InChI=1S/C13H14F3N3O7/c1-3-25-10(20)8-9(6-4-5-7(26-6)19(23)24)17-11(21)18(2)12(8,22)13(14,15)16/h4-5,8-9,22H,3H2,1-2H3,(H,17,21)/t8-,9-,12+/m0/s1. The Morgan fingerprint density at radius 3 is 2.62 bits per heavy atom. The summed E-state index contributed by atoms with van der Waals surface area (Å²) in [4.78, 5) is 33.8. The van der Waals surface area contributed by atoms with E-state index in [1.165, 1.54) is 6.92 Å². The third kappa shape index (κ3) is 2.94. The van der Waals surface area contributed by atoms with Gasteiger partial charge in [0.15, 0.2) is 0 Å². The number of hydrogen-bond donors (Lipinski definition) is 2. The molecule has 13 heteroatoms. The second-order valence-electron chi connectivity index (χ2n) is 5.37. The van der Waals surface area contributed by atoms with Crippen LogP contribution in [0, 0.1) is 16.0 Å². The molecule has 0 saturated carbocycles. The van der Waals surface area contributed by atoms with Crippen molar-refractivity contribution in [1.82, 2.24) is 10.2 Å². The molecule has 0 spiro atoms. The van der Waals surface area contributed by atoms with E-state index in [9.17, 15) is 38.0 Å². The van der Waals surface area contributed by atoms with E-state index in [0.717, 1.165) is 12.1 Å². The summed E-state index contributed by atoms with van der Waals surface area (Å²) in [5.74, 6) is -5.19. The lowest BCUT2D eigenvalue weighted by atomic mass is 9.83. The Labute approximate surface area is 143 Å². The fourth-order valence-electron chi connectivity index (χ4n) is 2.65. The Kier molecular flexibility index (Phi) is 4.86. The molecule has 0 aromatic carbocycles. The van der Waals surface area contributed by atoms with Crippen molar-refractivity contribution in [3.8, 4) is 0 Å². The van der Waals surface area contributed by atoms with Gasteiger partial charge in [-0.2, -0.15) is 13.2 Å². The lowest BCUT2D eigenvalue weighted by Crippen LogP contribution is -2.73. The average Bonchev–Trinajstić information content (AvgIpc) is 3.01. The maximum Gasteiger partial charge on any atom is 0.437 e. The third-order valence-electron chi connectivity index (χ3n) is 3.92. The minimum atomic E-state index is -5.44. The quantitative estimate of drug-likeness (QED) is 0.456. The highest BCUT2D eigenvalue weighted by Gasteiger charge is 2.70. The van der Waals surface area contributed by atoms with Crippen LogP contribution in [0.2, 0.25) is 0 Å². The number of nitrogens with one attached hydrogen (secondary N) is 1. The van der Waals surface area contributed by atoms with E-state index in [-0.39, 0.29) is 11.5 Å². The number of alkyl halides is 3. The molecule has 0 bridgehead atoms. The number of aliphatic hydroxyl groups is 1. The van der Waals surface area contributed by atoms with Gasteiger partial charge in [0.25, 0.3) is 5.72 Å². The van der Waals surface area contributed by atoms with Crippen LogP contribution in [0.25, 0.3) is 0 Å². The van der Waals surface area contributed by atoms with E-state index < -0.39 is 52.4 Å². The van der Waals surface area contributed by atoms with Crippen LogP contribution in [-0.2, 0) is 9.53 Å². The minimum absolute atomic E-state index is 0.0809. The number of rotatable bonds is 4. The lowest BCUT2D eigenvalue weighted by molar-refractivity contribution is -0.402. The number of carbonyl (C=O) groups excluding carboxylic acids is 2. The predicted molar refractivity (Wildman–Crippen MR) is 75.5 cm³/mol. The van der Waals surface area contributed by atoms with Crippen LogP contribution in [0.1, 0.15) is 18.7 Å². The largest absolute Gasteiger partial charge is 0.466 e. The van der Waals surface area contributed by atoms with E-state index in [1.54, 1.807) is 0 Å². The number of urea groups is 1. The van der Waals surface area contributed by atoms with Crippen molar-refractivity contribution >= 4 is 17.9 Å². The van der Waals surface area contributed by atoms with Crippen LogP contribution in [0.15, 0.2) is 16.5 Å². The third-order valence-corrected chi connectivity index (χ3v) is 3.92. The van der Waals surface area contributed by atoms with Gasteiger partial charge in [0.2, 0.25) is 0 Å². The lowest BCUT2D eigenvalue weighted by Gasteiger charge is -2.48. The minimum Gasteiger partial charge on any atom is -0.466 e. The Morgan fingerprint density at radius 2 is 2.15 bits per heavy atom. The smallest absolute Gasteiger partial charge is 0.437 e. The molecule has 1 aliphatic heterocycles. The Balaban J connectivity index is 2.62. The van der Waals surface area contributed by atoms with Crippen molar-refractivity contribution in [2.24, 2.45) is 5.92 Å². The van der Waals surface area contributed by atoms with Crippen molar-refractivity contribution < 1.29 is 41.9 Å². The van der Waals surface area contributed by atoms with Crippen molar-refractivity contribution in [2.45, 2.75) is 24.9 Å². The van der Waals surface area contributed by atoms with Crippen molar-refractivity contribution in [2.75, 3.05) is 13.7 Å². The number of carbonyl (C=O) groups is 2. The number of furan rings is 1. The van der Waals surface area contributed by atoms with Gasteiger partial charge in [-0.1, -0.05) is 0 Å². The van der Waals surface area contributed by atoms with Gasteiger partial charge in [0, 0.05) is 7.05 Å². The molecule has 0 aliphatic carbocycles. The molecular formula is C13H14F3N3O7. The highest BCUT2D eigenvalue weighted by atomic mass is 19.4. The molecule has 2 rings (SSSR count). The molecule has 0 unspecified atom stereocenters. The molecular weight excluding hydrogens is 367 g/mol. The Morgan fingerprint density at radius 1 is 1.54 bits per heavy atom. The second-order valence-corrected chi connectivity index (χ2v) is 5.37. The van der Waals surface area contributed by atoms with Gasteiger partial charge >= 0.3 is 24.1 Å². The zero-order valence-electron chi connectivity index (χ0n) is 13.4. The number of nitrogens with zero attached hydrogens (tertiary/aromatic N) is 2. The van der Waals surface area contributed by atoms with E-state index in [4.69, 9.17) is 4.42 Å². The van der Waals surface area contributed by atoms with Gasteiger partial charge in [-0.25, -0.2) is 4.79 Å². The molecule has 1 aromatic rings. The summed E-state index contributed by atoms with van der Waals surface area (Å²) in [5.41, 5.74) is -3.92. The zero-order valence-corrected chi connectivity index (χ0v) is 13.4. The molecule has 1 fully saturated rings. The van der Waals surface area contributed by atoms with Gasteiger partial charge in [0.1, 0.15) is 22.6 Å². The Bertz CT molecular complexity index is 735. The summed E-state index contributed by atoms with van der Waals surface area (Å²) in [7, 11) is 0.649. The highest BCUT2D eigenvalue weighted by molar-refractivity contribution is 5.83. The van der Waals surface area contributed by atoms with Crippen LogP contribution in [0.3, 0.4) is 0 Å². The molecule has 0 radical (unpaired) electrons. The molecule has 1 aromatic heterocycles. The SMILES string of the molecule is CCOC(=O)[C@@H]1[C@H](c2ccc([N+](=O)[O-])o2)NC(=O)N(C)[C@]1(O)C(F)(F)F. The van der Waals surface area contributed by atoms with Crippen LogP contribution < -0.4 is 5.32 Å². The van der Waals surface area contributed by atoms with Gasteiger partial charge in [0.05, 0.1) is 12.7 Å². The number of hydrogen-bond acceptors (Lipinski definition) is 7. The number of halogens is 3. The molecule has 10 nitrogen and oxygen atoms in total. The van der Waals surface area contributed by atoms with E-state index >= 15 is 0 Å². The van der Waals surface area contributed by atoms with Gasteiger partial charge in [-0.05, 0) is 13.0 Å². The first kappa shape index (κ1) is 19.5. The first-order chi connectivity index (χ1) is 11.9. The summed E-state index contributed by atoms with van der Waals surface area (Å²) in [6.45, 7) is 1.04. The van der Waals surface area contributed by atoms with Crippen molar-refractivity contribution in [3.63, 3.8) is 0 Å². The normalized spacial score (nSPS) is 26.4. The van der Waals surface area contributed by atoms with E-state index in [0.29, 0.717) is 7.05 Å². The maximum atomic E-state index is 13.6. The maximum absolute atomic E-state index is 13.6. The summed E-state index contributed by atoms with van der Waals surface area (Å²) >= 11 is 0. The summed E-state index contributed by atoms with van der Waals surface area (Å²) < 4.78 is 50.2. The first-order valence-electron chi connectivity index (χ1n) is 7.19. The van der Waals surface area contributed by atoms with Gasteiger partial charge in [-0.15, -0.1) is 0 Å². The number of esters is 1. The monoisotopic (exact) mass is 381 g/mol. The molecule has 2 heterocycles. The average molecular weight is 381 g/mol. The van der Waals surface area contributed by atoms with Gasteiger partial charge < -0.3 is 19.6 Å². The van der Waals surface area contributed by atoms with Crippen molar-refractivity contribution in [1.29, 1.82) is 0 Å². The predicted octanol–water partition coefficient (Wildman–Crippen LogP) is 1.31. The van der Waals surface area contributed by atoms with Crippen LogP contribution in [0.4, 0.5) is 23.8 Å². The Hall–Kier alpha value is -2.83.